The number of allylic oxidation sites excluding steroid dienone is 9. The Bertz CT molecular complexity index is 815. The van der Waals surface area contributed by atoms with Gasteiger partial charge in [-0.15, -0.1) is 0 Å². The zero-order valence-corrected chi connectivity index (χ0v) is 30.6. The van der Waals surface area contributed by atoms with Crippen LogP contribution in [0.1, 0.15) is 174 Å². The van der Waals surface area contributed by atoms with Crippen LogP contribution in [0.4, 0.5) is 0 Å². The number of unbranched alkanes of at least 4 members (excludes halogenated alkanes) is 18. The van der Waals surface area contributed by atoms with E-state index in [1.807, 2.05) is 6.08 Å². The second-order valence-electron chi connectivity index (χ2n) is 13.1. The van der Waals surface area contributed by atoms with Crippen LogP contribution < -0.4 is 5.32 Å². The molecule has 0 saturated carbocycles. The van der Waals surface area contributed by atoms with Gasteiger partial charge in [-0.05, 0) is 77.0 Å². The predicted molar refractivity (Wildman–Crippen MR) is 204 cm³/mol. The van der Waals surface area contributed by atoms with Crippen LogP contribution in [0.5, 0.6) is 0 Å². The smallest absolute Gasteiger partial charge is 0.249 e. The van der Waals surface area contributed by atoms with Crippen molar-refractivity contribution in [3.8, 4) is 0 Å². The summed E-state index contributed by atoms with van der Waals surface area (Å²) in [4.78, 5) is 12.4. The molecule has 0 aliphatic carbocycles. The summed E-state index contributed by atoms with van der Waals surface area (Å²) in [7, 11) is 0. The van der Waals surface area contributed by atoms with Crippen LogP contribution >= 0.6 is 0 Å². The number of hydrogen-bond acceptors (Lipinski definition) is 4. The molecule has 4 N–H and O–H groups in total. The predicted octanol–water partition coefficient (Wildman–Crippen LogP) is 10.8. The molecule has 0 aliphatic heterocycles. The van der Waals surface area contributed by atoms with Crippen molar-refractivity contribution in [1.29, 1.82) is 0 Å². The molecule has 0 aromatic heterocycles. The maximum atomic E-state index is 12.4. The van der Waals surface area contributed by atoms with E-state index in [4.69, 9.17) is 0 Å². The second kappa shape index (κ2) is 36.9. The Morgan fingerprint density at radius 2 is 0.936 bits per heavy atom. The van der Waals surface area contributed by atoms with E-state index in [0.29, 0.717) is 6.42 Å². The van der Waals surface area contributed by atoms with Crippen LogP contribution in [0.3, 0.4) is 0 Å². The molecular formula is C42H75NO4. The quantitative estimate of drug-likeness (QED) is 0.0409. The van der Waals surface area contributed by atoms with Gasteiger partial charge in [0.05, 0.1) is 18.8 Å². The number of aliphatic hydroxyl groups is 3. The lowest BCUT2D eigenvalue weighted by molar-refractivity contribution is -0.131. The van der Waals surface area contributed by atoms with Crippen molar-refractivity contribution < 1.29 is 20.1 Å². The Kier molecular flexibility index (Phi) is 35.3. The monoisotopic (exact) mass is 658 g/mol. The molecule has 1 amide bonds. The molecule has 0 fully saturated rings. The zero-order valence-electron chi connectivity index (χ0n) is 30.6. The highest BCUT2D eigenvalue weighted by molar-refractivity contribution is 5.80. The molecule has 0 aromatic carbocycles. The second-order valence-corrected chi connectivity index (χ2v) is 13.1. The molecule has 0 bridgehead atoms. The van der Waals surface area contributed by atoms with Crippen molar-refractivity contribution in [3.05, 3.63) is 60.8 Å². The Balaban J connectivity index is 3.85. The molecule has 0 rings (SSSR count). The summed E-state index contributed by atoms with van der Waals surface area (Å²) in [6.07, 6.45) is 48.0. The molecule has 47 heavy (non-hydrogen) atoms. The Morgan fingerprint density at radius 3 is 1.47 bits per heavy atom. The number of rotatable bonds is 34. The Labute approximate surface area is 290 Å². The summed E-state index contributed by atoms with van der Waals surface area (Å²) in [5, 5.41) is 33.0. The van der Waals surface area contributed by atoms with Crippen LogP contribution in [-0.2, 0) is 4.79 Å². The normalized spacial score (nSPS) is 14.4. The molecule has 3 unspecified atom stereocenters. The van der Waals surface area contributed by atoms with Gasteiger partial charge in [-0.3, -0.25) is 4.79 Å². The summed E-state index contributed by atoms with van der Waals surface area (Å²) in [5.41, 5.74) is 0. The van der Waals surface area contributed by atoms with Crippen LogP contribution in [0.15, 0.2) is 60.8 Å². The average molecular weight is 658 g/mol. The fourth-order valence-electron chi connectivity index (χ4n) is 5.42. The molecule has 0 radical (unpaired) electrons. The summed E-state index contributed by atoms with van der Waals surface area (Å²) >= 11 is 0. The van der Waals surface area contributed by atoms with E-state index in [1.165, 1.54) is 96.3 Å². The molecule has 5 heteroatoms. The SMILES string of the molecule is CCCCC/C=C\C/C=C\CCCCCCCCC(O)C(=O)NC(CO)C(O)/C=C/CC/C=C/CC/C=C/CCCCCCCCC. The summed E-state index contributed by atoms with van der Waals surface area (Å²) < 4.78 is 0. The number of carbonyl (C=O) groups is 1. The number of carbonyl (C=O) groups excluding carboxylic acids is 1. The van der Waals surface area contributed by atoms with E-state index in [2.05, 4.69) is 67.8 Å². The molecular weight excluding hydrogens is 582 g/mol. The van der Waals surface area contributed by atoms with E-state index < -0.39 is 24.2 Å². The maximum absolute atomic E-state index is 12.4. The highest BCUT2D eigenvalue weighted by Gasteiger charge is 2.22. The molecule has 3 atom stereocenters. The highest BCUT2D eigenvalue weighted by atomic mass is 16.3. The van der Waals surface area contributed by atoms with Gasteiger partial charge in [0.2, 0.25) is 5.91 Å². The van der Waals surface area contributed by atoms with Gasteiger partial charge in [-0.1, -0.05) is 158 Å². The minimum atomic E-state index is -1.12. The van der Waals surface area contributed by atoms with E-state index >= 15 is 0 Å². The van der Waals surface area contributed by atoms with Crippen molar-refractivity contribution in [1.82, 2.24) is 5.32 Å². The molecule has 0 aliphatic rings. The first-order valence-corrected chi connectivity index (χ1v) is 19.6. The van der Waals surface area contributed by atoms with Gasteiger partial charge in [0.25, 0.3) is 0 Å². The van der Waals surface area contributed by atoms with Gasteiger partial charge in [0, 0.05) is 0 Å². The largest absolute Gasteiger partial charge is 0.394 e. The maximum Gasteiger partial charge on any atom is 0.249 e. The van der Waals surface area contributed by atoms with Crippen molar-refractivity contribution in [2.45, 2.75) is 193 Å². The Morgan fingerprint density at radius 1 is 0.532 bits per heavy atom. The minimum absolute atomic E-state index is 0.388. The lowest BCUT2D eigenvalue weighted by atomic mass is 10.0. The first-order valence-electron chi connectivity index (χ1n) is 19.6. The summed E-state index contributed by atoms with van der Waals surface area (Å²) in [5.74, 6) is -0.529. The first kappa shape index (κ1) is 45.0. The number of hydrogen-bond donors (Lipinski definition) is 4. The fraction of sp³-hybridized carbons (Fsp3) is 0.738. The van der Waals surface area contributed by atoms with E-state index in [0.717, 1.165) is 57.8 Å². The summed E-state index contributed by atoms with van der Waals surface area (Å²) in [6, 6.07) is -0.826. The van der Waals surface area contributed by atoms with Crippen LogP contribution in [0.2, 0.25) is 0 Å². The van der Waals surface area contributed by atoms with E-state index in [-0.39, 0.29) is 6.61 Å². The average Bonchev–Trinajstić information content (AvgIpc) is 3.07. The highest BCUT2D eigenvalue weighted by Crippen LogP contribution is 2.12. The third kappa shape index (κ3) is 32.4. The molecule has 0 spiro atoms. The molecule has 0 saturated heterocycles. The van der Waals surface area contributed by atoms with Crippen molar-refractivity contribution in [2.75, 3.05) is 6.61 Å². The molecule has 0 heterocycles. The third-order valence-electron chi connectivity index (χ3n) is 8.56. The lowest BCUT2D eigenvalue weighted by Crippen LogP contribution is -2.48. The zero-order chi connectivity index (χ0) is 34.5. The van der Waals surface area contributed by atoms with Crippen LogP contribution in [0, 0.1) is 0 Å². The molecule has 0 aromatic rings. The van der Waals surface area contributed by atoms with Crippen molar-refractivity contribution in [3.63, 3.8) is 0 Å². The number of nitrogens with one attached hydrogen (secondary N) is 1. The van der Waals surface area contributed by atoms with Gasteiger partial charge in [-0.25, -0.2) is 0 Å². The van der Waals surface area contributed by atoms with Gasteiger partial charge in [-0.2, -0.15) is 0 Å². The van der Waals surface area contributed by atoms with E-state index in [1.54, 1.807) is 6.08 Å². The van der Waals surface area contributed by atoms with Gasteiger partial charge < -0.3 is 20.6 Å². The standard InChI is InChI=1S/C42H75NO4/c1-3-5-7-9-11-13-15-17-19-21-23-24-26-28-30-32-34-36-40(45)39(38-44)43-42(47)41(46)37-35-33-31-29-27-25-22-20-18-16-14-12-10-8-6-4-2/h12,14,18-21,26,28,34,36,39-41,44-46H,3-11,13,15-17,22-25,27,29-33,35,37-38H2,1-2H3,(H,43,47)/b14-12-,20-18-,21-19+,28-26+,36-34+. The van der Waals surface area contributed by atoms with Crippen molar-refractivity contribution >= 4 is 5.91 Å². The number of amides is 1. The minimum Gasteiger partial charge on any atom is -0.394 e. The topological polar surface area (TPSA) is 89.8 Å². The molecule has 5 nitrogen and oxygen atoms in total. The molecule has 272 valence electrons. The van der Waals surface area contributed by atoms with Gasteiger partial charge >= 0.3 is 0 Å². The fourth-order valence-corrected chi connectivity index (χ4v) is 5.42. The summed E-state index contributed by atoms with van der Waals surface area (Å²) in [6.45, 7) is 4.11. The van der Waals surface area contributed by atoms with Gasteiger partial charge in [0.1, 0.15) is 6.10 Å². The first-order chi connectivity index (χ1) is 23.1. The van der Waals surface area contributed by atoms with E-state index in [9.17, 15) is 20.1 Å². The van der Waals surface area contributed by atoms with Crippen LogP contribution in [0.25, 0.3) is 0 Å². The van der Waals surface area contributed by atoms with Gasteiger partial charge in [0.15, 0.2) is 0 Å². The van der Waals surface area contributed by atoms with Crippen molar-refractivity contribution in [2.24, 2.45) is 0 Å². The number of aliphatic hydroxyl groups excluding tert-OH is 3. The lowest BCUT2D eigenvalue weighted by Gasteiger charge is -2.21. The Hall–Kier alpha value is -1.95. The third-order valence-corrected chi connectivity index (χ3v) is 8.56. The van der Waals surface area contributed by atoms with Crippen LogP contribution in [-0.4, -0.2) is 46.1 Å².